The molecule has 0 saturated carbocycles. The second-order valence-electron chi connectivity index (χ2n) is 20.2. The average molecular weight is 1050 g/mol. The minimum absolute atomic E-state index is 0.289. The van der Waals surface area contributed by atoms with Crippen molar-refractivity contribution in [3.63, 3.8) is 0 Å². The number of nitriles is 1. The molecular formula is C69H39F6N5. The van der Waals surface area contributed by atoms with Gasteiger partial charge in [0.25, 0.3) is 0 Å². The quantitative estimate of drug-likeness (QED) is 0.153. The normalized spacial score (nSPS) is 12.4. The molecule has 0 aliphatic heterocycles. The third-order valence-corrected chi connectivity index (χ3v) is 15.8. The van der Waals surface area contributed by atoms with Crippen molar-refractivity contribution in [2.45, 2.75) is 12.4 Å². The lowest BCUT2D eigenvalue weighted by molar-refractivity contribution is -0.142. The first-order chi connectivity index (χ1) is 38.9. The summed E-state index contributed by atoms with van der Waals surface area (Å²) < 4.78 is 100. The Morgan fingerprint density at radius 3 is 1.14 bits per heavy atom. The summed E-state index contributed by atoms with van der Waals surface area (Å²) in [5.74, 6) is 0. The maximum Gasteiger partial charge on any atom is 0.417 e. The molecule has 15 rings (SSSR count). The number of alkyl halides is 6. The monoisotopic (exact) mass is 1050 g/mol. The van der Waals surface area contributed by atoms with Gasteiger partial charge in [-0.1, -0.05) is 127 Å². The van der Waals surface area contributed by atoms with Crippen LogP contribution in [0, 0.1) is 11.3 Å². The Labute approximate surface area is 451 Å². The van der Waals surface area contributed by atoms with Gasteiger partial charge in [-0.25, -0.2) is 0 Å². The van der Waals surface area contributed by atoms with Crippen LogP contribution in [0.15, 0.2) is 237 Å². The Bertz CT molecular complexity index is 5070. The molecule has 4 heterocycles. The van der Waals surface area contributed by atoms with Crippen LogP contribution in [0.2, 0.25) is 0 Å². The molecule has 0 N–H and O–H groups in total. The Morgan fingerprint density at radius 1 is 0.300 bits per heavy atom. The summed E-state index contributed by atoms with van der Waals surface area (Å²) in [6, 6.07) is 75.0. The number of hydrogen-bond donors (Lipinski definition) is 0. The Morgan fingerprint density at radius 2 is 0.700 bits per heavy atom. The van der Waals surface area contributed by atoms with Crippen molar-refractivity contribution in [3.05, 3.63) is 253 Å². The Kier molecular flexibility index (Phi) is 10.2. The predicted octanol–water partition coefficient (Wildman–Crippen LogP) is 19.3. The van der Waals surface area contributed by atoms with Crippen LogP contribution in [0.1, 0.15) is 16.7 Å². The zero-order valence-corrected chi connectivity index (χ0v) is 42.0. The van der Waals surface area contributed by atoms with Crippen LogP contribution < -0.4 is 0 Å². The molecule has 0 unspecified atom stereocenters. The zero-order chi connectivity index (χ0) is 54.2. The van der Waals surface area contributed by atoms with Gasteiger partial charge in [-0.05, 0) is 115 Å². The van der Waals surface area contributed by atoms with Gasteiger partial charge < -0.3 is 18.3 Å². The first-order valence-corrected chi connectivity index (χ1v) is 26.0. The lowest BCUT2D eigenvalue weighted by Crippen LogP contribution is -2.14. The fourth-order valence-corrected chi connectivity index (χ4v) is 12.5. The third kappa shape index (κ3) is 6.98. The Balaban J connectivity index is 1.09. The molecule has 80 heavy (non-hydrogen) atoms. The van der Waals surface area contributed by atoms with Gasteiger partial charge in [0.05, 0.1) is 78.3 Å². The highest BCUT2D eigenvalue weighted by Crippen LogP contribution is 2.49. The molecule has 0 amide bonds. The second kappa shape index (κ2) is 17.3. The van der Waals surface area contributed by atoms with E-state index in [1.54, 1.807) is 24.3 Å². The van der Waals surface area contributed by atoms with Crippen molar-refractivity contribution in [1.29, 1.82) is 5.26 Å². The Hall–Kier alpha value is -10.3. The summed E-state index contributed by atoms with van der Waals surface area (Å²) in [5.41, 5.74) is 6.64. The number of halogens is 6. The van der Waals surface area contributed by atoms with E-state index in [-0.39, 0.29) is 5.56 Å². The highest BCUT2D eigenvalue weighted by Gasteiger charge is 2.41. The maximum atomic E-state index is 15.3. The number of hydrogen-bond acceptors (Lipinski definition) is 1. The first-order valence-electron chi connectivity index (χ1n) is 26.0. The first kappa shape index (κ1) is 46.9. The van der Waals surface area contributed by atoms with Crippen molar-refractivity contribution in [2.75, 3.05) is 0 Å². The van der Waals surface area contributed by atoms with Crippen molar-refractivity contribution in [3.8, 4) is 51.1 Å². The molecule has 0 saturated heterocycles. The predicted molar refractivity (Wildman–Crippen MR) is 309 cm³/mol. The second-order valence-corrected chi connectivity index (χ2v) is 20.2. The SMILES string of the molecule is N#Cc1ccc(-c2cc(-c3c(C(F)(F)F)cccc3C(F)(F)F)ccc2-n2c3ccccc3c3cc4c5ccccc5n(-c5ccccc5)c4cc32)c(-n2c3ccccc3c3cc4c5ccccc5n(-c5ccccc5)c4cc32)c1. The van der Waals surface area contributed by atoms with E-state index in [4.69, 9.17) is 0 Å². The van der Waals surface area contributed by atoms with Gasteiger partial charge in [0.2, 0.25) is 0 Å². The molecule has 0 aliphatic carbocycles. The van der Waals surface area contributed by atoms with Gasteiger partial charge in [-0.3, -0.25) is 0 Å². The van der Waals surface area contributed by atoms with Gasteiger partial charge in [0.1, 0.15) is 0 Å². The number of rotatable bonds is 6. The van der Waals surface area contributed by atoms with E-state index in [9.17, 15) is 5.26 Å². The molecule has 0 atom stereocenters. The van der Waals surface area contributed by atoms with Crippen LogP contribution >= 0.6 is 0 Å². The standard InChI is InChI=1S/C69H39F6N5/c70-68(71,72)55-24-15-25-56(69(73,74)75)67(55)42-31-33-61(79-59-28-13-9-22-47(59)53-36-51-45-20-7-11-26-57(45)77(63(51)38-65(53)79)43-16-3-1-4-17-43)50(35-42)49-32-30-41(40-76)34-62(49)80-60-29-14-10-23-48(60)54-37-52-46-21-8-12-27-58(46)78(64(52)39-66(54)80)44-18-5-2-6-19-44/h1-39H. The average Bonchev–Trinajstić information content (AvgIpc) is 4.37. The van der Waals surface area contributed by atoms with E-state index < -0.39 is 29.0 Å². The summed E-state index contributed by atoms with van der Waals surface area (Å²) in [5, 5.41) is 18.4. The van der Waals surface area contributed by atoms with Crippen LogP contribution in [0.4, 0.5) is 26.3 Å². The van der Waals surface area contributed by atoms with Gasteiger partial charge in [0.15, 0.2) is 0 Å². The fourth-order valence-electron chi connectivity index (χ4n) is 12.5. The summed E-state index contributed by atoms with van der Waals surface area (Å²) in [6.07, 6.45) is -10.3. The largest absolute Gasteiger partial charge is 0.417 e. The molecule has 0 bridgehead atoms. The lowest BCUT2D eigenvalue weighted by atomic mass is 9.90. The highest BCUT2D eigenvalue weighted by atomic mass is 19.4. The van der Waals surface area contributed by atoms with Crippen molar-refractivity contribution in [2.24, 2.45) is 0 Å². The minimum atomic E-state index is -5.15. The topological polar surface area (TPSA) is 43.5 Å². The zero-order valence-electron chi connectivity index (χ0n) is 42.0. The van der Waals surface area contributed by atoms with Gasteiger partial charge in [-0.15, -0.1) is 0 Å². The number of fused-ring (bicyclic) bond motifs is 12. The molecule has 15 aromatic rings. The molecule has 4 aromatic heterocycles. The summed E-state index contributed by atoms with van der Waals surface area (Å²) in [7, 11) is 0. The van der Waals surface area contributed by atoms with Gasteiger partial charge >= 0.3 is 12.4 Å². The van der Waals surface area contributed by atoms with Crippen molar-refractivity contribution in [1.82, 2.24) is 18.3 Å². The maximum absolute atomic E-state index is 15.3. The van der Waals surface area contributed by atoms with Crippen molar-refractivity contribution < 1.29 is 26.3 Å². The van der Waals surface area contributed by atoms with Crippen LogP contribution in [0.3, 0.4) is 0 Å². The number of para-hydroxylation sites is 6. The third-order valence-electron chi connectivity index (χ3n) is 15.8. The van der Waals surface area contributed by atoms with E-state index >= 15 is 26.3 Å². The number of benzene rings is 11. The minimum Gasteiger partial charge on any atom is -0.309 e. The molecule has 11 aromatic carbocycles. The van der Waals surface area contributed by atoms with E-state index in [1.807, 2.05) is 121 Å². The molecule has 0 fully saturated rings. The summed E-state index contributed by atoms with van der Waals surface area (Å²) in [4.78, 5) is 0. The van der Waals surface area contributed by atoms with Crippen LogP contribution in [-0.2, 0) is 12.4 Å². The van der Waals surface area contributed by atoms with Gasteiger partial charge in [-0.2, -0.15) is 31.6 Å². The van der Waals surface area contributed by atoms with Crippen molar-refractivity contribution >= 4 is 87.2 Å². The molecule has 382 valence electrons. The van der Waals surface area contributed by atoms with Crippen LogP contribution in [-0.4, -0.2) is 18.3 Å². The van der Waals surface area contributed by atoms with E-state index in [0.29, 0.717) is 40.2 Å². The summed E-state index contributed by atoms with van der Waals surface area (Å²) in [6.45, 7) is 0. The number of aromatic nitrogens is 4. The molecule has 0 spiro atoms. The molecule has 11 heteroatoms. The van der Waals surface area contributed by atoms with Gasteiger partial charge in [0, 0.05) is 71.2 Å². The summed E-state index contributed by atoms with van der Waals surface area (Å²) >= 11 is 0. The highest BCUT2D eigenvalue weighted by molar-refractivity contribution is 6.21. The van der Waals surface area contributed by atoms with Crippen LogP contribution in [0.5, 0.6) is 0 Å². The molecule has 0 radical (unpaired) electrons. The lowest BCUT2D eigenvalue weighted by Gasteiger charge is -2.22. The number of nitrogens with zero attached hydrogens (tertiary/aromatic N) is 5. The fraction of sp³-hybridized carbons (Fsp3) is 0.0290. The smallest absolute Gasteiger partial charge is 0.309 e. The molecule has 0 aliphatic rings. The molecule has 5 nitrogen and oxygen atoms in total. The van der Waals surface area contributed by atoms with E-state index in [0.717, 1.165) is 105 Å². The van der Waals surface area contributed by atoms with E-state index in [1.165, 1.54) is 12.1 Å². The molecular weight excluding hydrogens is 1010 g/mol. The van der Waals surface area contributed by atoms with Crippen LogP contribution in [0.25, 0.3) is 132 Å². The van der Waals surface area contributed by atoms with E-state index in [2.05, 4.69) is 85.0 Å².